The van der Waals surface area contributed by atoms with E-state index in [0.717, 1.165) is 41.9 Å². The largest absolute Gasteiger partial charge is 0.488 e. The van der Waals surface area contributed by atoms with Crippen LogP contribution in [0.1, 0.15) is 46.8 Å². The molecular formula is C28H32N2O3. The smallest absolute Gasteiger partial charge is 0.259 e. The van der Waals surface area contributed by atoms with Crippen molar-refractivity contribution in [1.82, 2.24) is 5.32 Å². The van der Waals surface area contributed by atoms with E-state index in [1.807, 2.05) is 72.8 Å². The van der Waals surface area contributed by atoms with Crippen molar-refractivity contribution >= 4 is 11.6 Å². The van der Waals surface area contributed by atoms with E-state index in [1.165, 1.54) is 0 Å². The van der Waals surface area contributed by atoms with Crippen LogP contribution in [-0.2, 0) is 17.8 Å². The lowest BCUT2D eigenvalue weighted by Crippen LogP contribution is -2.39. The number of ether oxygens (including phenoxy) is 2. The molecule has 0 spiro atoms. The molecule has 1 saturated heterocycles. The number of amides is 1. The van der Waals surface area contributed by atoms with Gasteiger partial charge in [-0.2, -0.15) is 0 Å². The number of hydrogen-bond acceptors (Lipinski definition) is 4. The van der Waals surface area contributed by atoms with Crippen LogP contribution >= 0.6 is 0 Å². The van der Waals surface area contributed by atoms with Crippen molar-refractivity contribution in [2.75, 3.05) is 25.0 Å². The van der Waals surface area contributed by atoms with Crippen molar-refractivity contribution in [3.05, 3.63) is 95.1 Å². The van der Waals surface area contributed by atoms with Crippen LogP contribution in [0.2, 0.25) is 0 Å². The highest BCUT2D eigenvalue weighted by Gasteiger charge is 2.19. The van der Waals surface area contributed by atoms with Crippen LogP contribution in [0.5, 0.6) is 5.75 Å². The van der Waals surface area contributed by atoms with Gasteiger partial charge in [-0.3, -0.25) is 4.79 Å². The average molecular weight is 445 g/mol. The summed E-state index contributed by atoms with van der Waals surface area (Å²) in [5, 5.41) is 6.49. The average Bonchev–Trinajstić information content (AvgIpc) is 2.85. The summed E-state index contributed by atoms with van der Waals surface area (Å²) in [6, 6.07) is 23.8. The second-order valence-corrected chi connectivity index (χ2v) is 8.70. The van der Waals surface area contributed by atoms with E-state index in [1.54, 1.807) is 0 Å². The topological polar surface area (TPSA) is 59.6 Å². The Balaban J connectivity index is 1.55. The Labute approximate surface area is 196 Å². The maximum absolute atomic E-state index is 13.4. The van der Waals surface area contributed by atoms with E-state index in [-0.39, 0.29) is 12.0 Å². The second kappa shape index (κ2) is 11.1. The molecule has 0 aromatic heterocycles. The molecule has 2 N–H and O–H groups in total. The van der Waals surface area contributed by atoms with Crippen LogP contribution < -0.4 is 15.4 Å². The van der Waals surface area contributed by atoms with Crippen LogP contribution in [0.15, 0.2) is 72.8 Å². The van der Waals surface area contributed by atoms with Gasteiger partial charge in [-0.15, -0.1) is 0 Å². The number of para-hydroxylation sites is 1. The standard InChI is InChI=1S/C28H32N2O3/c1-20(2)22-12-13-27(33-19-21-8-4-3-5-9-21)25(17-22)28(31)30-26-11-7-6-10-23(26)16-24-18-29-14-15-32-24/h3-13,17,20,24,29H,14-16,18-19H2,1-2H3,(H,30,31). The van der Waals surface area contributed by atoms with Crippen molar-refractivity contribution in [1.29, 1.82) is 0 Å². The van der Waals surface area contributed by atoms with E-state index in [0.29, 0.717) is 30.4 Å². The Kier molecular flexibility index (Phi) is 7.76. The fourth-order valence-corrected chi connectivity index (χ4v) is 3.95. The summed E-state index contributed by atoms with van der Waals surface area (Å²) in [6.07, 6.45) is 0.846. The van der Waals surface area contributed by atoms with Gasteiger partial charge >= 0.3 is 0 Å². The molecular weight excluding hydrogens is 412 g/mol. The summed E-state index contributed by atoms with van der Waals surface area (Å²) in [5.74, 6) is 0.719. The molecule has 0 aliphatic carbocycles. The predicted molar refractivity (Wildman–Crippen MR) is 132 cm³/mol. The molecule has 1 atom stereocenters. The molecule has 172 valence electrons. The molecule has 0 radical (unpaired) electrons. The van der Waals surface area contributed by atoms with Crippen molar-refractivity contribution in [3.8, 4) is 5.75 Å². The van der Waals surface area contributed by atoms with Crippen molar-refractivity contribution in [3.63, 3.8) is 0 Å². The molecule has 1 aliphatic rings. The summed E-state index contributed by atoms with van der Waals surface area (Å²) in [6.45, 7) is 7.06. The number of benzene rings is 3. The Morgan fingerprint density at radius 3 is 2.64 bits per heavy atom. The molecule has 1 aliphatic heterocycles. The van der Waals surface area contributed by atoms with E-state index in [2.05, 4.69) is 24.5 Å². The van der Waals surface area contributed by atoms with Gasteiger partial charge in [0, 0.05) is 25.2 Å². The quantitative estimate of drug-likeness (QED) is 0.503. The molecule has 3 aromatic rings. The second-order valence-electron chi connectivity index (χ2n) is 8.70. The summed E-state index contributed by atoms with van der Waals surface area (Å²) in [4.78, 5) is 13.4. The Hall–Kier alpha value is -3.15. The monoisotopic (exact) mass is 444 g/mol. The summed E-state index contributed by atoms with van der Waals surface area (Å²) >= 11 is 0. The van der Waals surface area contributed by atoms with Crippen LogP contribution in [0, 0.1) is 0 Å². The minimum atomic E-state index is -0.171. The Morgan fingerprint density at radius 2 is 1.88 bits per heavy atom. The van der Waals surface area contributed by atoms with Crippen LogP contribution in [0.4, 0.5) is 5.69 Å². The number of rotatable bonds is 8. The van der Waals surface area contributed by atoms with E-state index < -0.39 is 0 Å². The molecule has 3 aromatic carbocycles. The van der Waals surface area contributed by atoms with Crippen molar-refractivity contribution in [2.45, 2.75) is 38.9 Å². The van der Waals surface area contributed by atoms with Gasteiger partial charge < -0.3 is 20.1 Å². The first kappa shape index (κ1) is 23.0. The normalized spacial score (nSPS) is 15.9. The number of hydrogen-bond donors (Lipinski definition) is 2. The van der Waals surface area contributed by atoms with Gasteiger partial charge in [-0.05, 0) is 40.8 Å². The van der Waals surface area contributed by atoms with Gasteiger partial charge in [0.05, 0.1) is 18.3 Å². The third-order valence-electron chi connectivity index (χ3n) is 5.87. The van der Waals surface area contributed by atoms with Gasteiger partial charge in [-0.25, -0.2) is 0 Å². The maximum atomic E-state index is 13.4. The Morgan fingerprint density at radius 1 is 1.09 bits per heavy atom. The molecule has 1 amide bonds. The number of nitrogens with one attached hydrogen (secondary N) is 2. The third kappa shape index (κ3) is 6.21. The number of morpholine rings is 1. The fourth-order valence-electron chi connectivity index (χ4n) is 3.95. The maximum Gasteiger partial charge on any atom is 0.259 e. The zero-order valence-electron chi connectivity index (χ0n) is 19.3. The minimum Gasteiger partial charge on any atom is -0.488 e. The first-order valence-electron chi connectivity index (χ1n) is 11.6. The van der Waals surface area contributed by atoms with Crippen LogP contribution in [0.3, 0.4) is 0 Å². The highest BCUT2D eigenvalue weighted by molar-refractivity contribution is 6.06. The molecule has 5 heteroatoms. The van der Waals surface area contributed by atoms with Gasteiger partial charge in [-0.1, -0.05) is 68.4 Å². The highest BCUT2D eigenvalue weighted by Crippen LogP contribution is 2.27. The van der Waals surface area contributed by atoms with Gasteiger partial charge in [0.15, 0.2) is 0 Å². The molecule has 1 heterocycles. The summed E-state index contributed by atoms with van der Waals surface area (Å²) in [7, 11) is 0. The van der Waals surface area contributed by atoms with Crippen molar-refractivity contribution < 1.29 is 14.3 Å². The summed E-state index contributed by atoms with van der Waals surface area (Å²) in [5.41, 5.74) is 4.57. The van der Waals surface area contributed by atoms with Gasteiger partial charge in [0.25, 0.3) is 5.91 Å². The van der Waals surface area contributed by atoms with Crippen LogP contribution in [-0.4, -0.2) is 31.7 Å². The van der Waals surface area contributed by atoms with Gasteiger partial charge in [0.1, 0.15) is 12.4 Å². The van der Waals surface area contributed by atoms with E-state index in [4.69, 9.17) is 9.47 Å². The van der Waals surface area contributed by atoms with Gasteiger partial charge in [0.2, 0.25) is 0 Å². The van der Waals surface area contributed by atoms with E-state index >= 15 is 0 Å². The zero-order valence-corrected chi connectivity index (χ0v) is 19.3. The Bertz CT molecular complexity index is 1060. The molecule has 4 rings (SSSR count). The number of anilines is 1. The summed E-state index contributed by atoms with van der Waals surface area (Å²) < 4.78 is 11.9. The predicted octanol–water partition coefficient (Wildman–Crippen LogP) is 5.17. The number of carbonyl (C=O) groups is 1. The molecule has 0 bridgehead atoms. The van der Waals surface area contributed by atoms with E-state index in [9.17, 15) is 4.79 Å². The lowest BCUT2D eigenvalue weighted by molar-refractivity contribution is 0.0293. The minimum absolute atomic E-state index is 0.103. The first-order chi connectivity index (χ1) is 16.1. The third-order valence-corrected chi connectivity index (χ3v) is 5.87. The van der Waals surface area contributed by atoms with Crippen molar-refractivity contribution in [2.24, 2.45) is 0 Å². The first-order valence-corrected chi connectivity index (χ1v) is 11.6. The molecule has 0 saturated carbocycles. The van der Waals surface area contributed by atoms with Crippen LogP contribution in [0.25, 0.3) is 0 Å². The lowest BCUT2D eigenvalue weighted by Gasteiger charge is -2.24. The molecule has 1 fully saturated rings. The molecule has 5 nitrogen and oxygen atoms in total. The zero-order chi connectivity index (χ0) is 23.0. The molecule has 1 unspecified atom stereocenters. The molecule has 33 heavy (non-hydrogen) atoms. The number of carbonyl (C=O) groups excluding carboxylic acids is 1. The highest BCUT2D eigenvalue weighted by atomic mass is 16.5. The fraction of sp³-hybridized carbons (Fsp3) is 0.321. The SMILES string of the molecule is CC(C)c1ccc(OCc2ccccc2)c(C(=O)Nc2ccccc2CC2CNCCO2)c1. The lowest BCUT2D eigenvalue weighted by atomic mass is 9.99.